The fourth-order valence-electron chi connectivity index (χ4n) is 1.64. The lowest BCUT2D eigenvalue weighted by atomic mass is 10.2. The van der Waals surface area contributed by atoms with Gasteiger partial charge in [0.25, 0.3) is 0 Å². The van der Waals surface area contributed by atoms with Crippen LogP contribution in [-0.4, -0.2) is 16.2 Å². The molecule has 3 aromatic rings. The number of aromatic carboxylic acids is 1. The minimum atomic E-state index is -1.16. The highest BCUT2D eigenvalue weighted by molar-refractivity contribution is 7.22. The Labute approximate surface area is 104 Å². The smallest absolute Gasteiger partial charge is 0.358 e. The summed E-state index contributed by atoms with van der Waals surface area (Å²) in [5.41, 5.74) is -0.164. The zero-order valence-corrected chi connectivity index (χ0v) is 9.70. The van der Waals surface area contributed by atoms with Crippen molar-refractivity contribution in [3.05, 3.63) is 41.8 Å². The van der Waals surface area contributed by atoms with Crippen LogP contribution >= 0.6 is 11.3 Å². The summed E-state index contributed by atoms with van der Waals surface area (Å²) in [5.74, 6) is -1.14. The molecule has 2 aromatic heterocycles. The molecule has 0 spiro atoms. The van der Waals surface area contributed by atoms with Crippen molar-refractivity contribution in [2.75, 3.05) is 0 Å². The van der Waals surface area contributed by atoms with Gasteiger partial charge in [-0.05, 0) is 18.2 Å². The third-order valence-corrected chi connectivity index (χ3v) is 3.60. The van der Waals surface area contributed by atoms with E-state index in [1.807, 2.05) is 0 Å². The van der Waals surface area contributed by atoms with E-state index in [1.165, 1.54) is 23.5 Å². The van der Waals surface area contributed by atoms with Crippen LogP contribution in [0.15, 0.2) is 34.9 Å². The van der Waals surface area contributed by atoms with Crippen molar-refractivity contribution in [1.29, 1.82) is 0 Å². The van der Waals surface area contributed by atoms with Crippen LogP contribution in [0.1, 0.15) is 10.5 Å². The molecule has 0 fully saturated rings. The largest absolute Gasteiger partial charge is 0.476 e. The quantitative estimate of drug-likeness (QED) is 0.769. The lowest BCUT2D eigenvalue weighted by Gasteiger charge is -1.87. The number of rotatable bonds is 2. The molecule has 90 valence electrons. The van der Waals surface area contributed by atoms with Gasteiger partial charge < -0.3 is 9.63 Å². The average molecular weight is 263 g/mol. The van der Waals surface area contributed by atoms with Gasteiger partial charge in [0, 0.05) is 16.2 Å². The standard InChI is InChI=1S/C12H6FNO3S/c13-7-2-1-3-10-6(7)4-11(18-10)9-5-8(12(15)16)14-17-9/h1-5H,(H,15,16). The molecule has 1 N–H and O–H groups in total. The summed E-state index contributed by atoms with van der Waals surface area (Å²) in [6.45, 7) is 0. The van der Waals surface area contributed by atoms with Crippen LogP contribution in [0.3, 0.4) is 0 Å². The summed E-state index contributed by atoms with van der Waals surface area (Å²) in [4.78, 5) is 11.3. The molecule has 0 unspecified atom stereocenters. The number of carboxylic acid groups (broad SMARTS) is 1. The van der Waals surface area contributed by atoms with E-state index in [1.54, 1.807) is 18.2 Å². The Bertz CT molecular complexity index is 747. The van der Waals surface area contributed by atoms with E-state index in [0.29, 0.717) is 16.0 Å². The summed E-state index contributed by atoms with van der Waals surface area (Å²) in [6.07, 6.45) is 0. The second-order valence-corrected chi connectivity index (χ2v) is 4.73. The van der Waals surface area contributed by atoms with E-state index < -0.39 is 5.97 Å². The number of carbonyl (C=O) groups is 1. The third-order valence-electron chi connectivity index (χ3n) is 2.48. The maximum atomic E-state index is 13.5. The summed E-state index contributed by atoms with van der Waals surface area (Å²) >= 11 is 1.32. The second-order valence-electron chi connectivity index (χ2n) is 3.64. The summed E-state index contributed by atoms with van der Waals surface area (Å²) in [6, 6.07) is 7.75. The molecule has 0 aliphatic carbocycles. The molecule has 0 aliphatic rings. The highest BCUT2D eigenvalue weighted by atomic mass is 32.1. The number of hydrogen-bond donors (Lipinski definition) is 1. The molecule has 0 bridgehead atoms. The number of fused-ring (bicyclic) bond motifs is 1. The first-order valence-electron chi connectivity index (χ1n) is 5.03. The van der Waals surface area contributed by atoms with Gasteiger partial charge in [-0.3, -0.25) is 0 Å². The van der Waals surface area contributed by atoms with E-state index in [2.05, 4.69) is 5.16 Å². The minimum Gasteiger partial charge on any atom is -0.476 e. The molecule has 3 rings (SSSR count). The van der Waals surface area contributed by atoms with Crippen molar-refractivity contribution in [1.82, 2.24) is 5.16 Å². The number of halogens is 1. The van der Waals surface area contributed by atoms with Crippen LogP contribution < -0.4 is 0 Å². The average Bonchev–Trinajstić information content (AvgIpc) is 2.95. The van der Waals surface area contributed by atoms with Gasteiger partial charge in [-0.15, -0.1) is 11.3 Å². The van der Waals surface area contributed by atoms with Gasteiger partial charge in [0.2, 0.25) is 0 Å². The Balaban J connectivity index is 2.13. The fraction of sp³-hybridized carbons (Fsp3) is 0. The molecule has 1 aromatic carbocycles. The Kier molecular flexibility index (Phi) is 2.38. The van der Waals surface area contributed by atoms with Gasteiger partial charge in [-0.25, -0.2) is 9.18 Å². The topological polar surface area (TPSA) is 63.3 Å². The van der Waals surface area contributed by atoms with Crippen molar-refractivity contribution >= 4 is 27.4 Å². The van der Waals surface area contributed by atoms with Crippen LogP contribution in [0.2, 0.25) is 0 Å². The van der Waals surface area contributed by atoms with Crippen LogP contribution in [0.4, 0.5) is 4.39 Å². The molecule has 0 saturated carbocycles. The molecule has 0 amide bonds. The first-order valence-corrected chi connectivity index (χ1v) is 5.85. The predicted molar refractivity (Wildman–Crippen MR) is 64.2 cm³/mol. The molecule has 0 saturated heterocycles. The molecular weight excluding hydrogens is 257 g/mol. The molecule has 0 radical (unpaired) electrons. The van der Waals surface area contributed by atoms with Crippen LogP contribution in [-0.2, 0) is 0 Å². The fourth-order valence-corrected chi connectivity index (χ4v) is 2.66. The maximum absolute atomic E-state index is 13.5. The number of thiophene rings is 1. The van der Waals surface area contributed by atoms with Gasteiger partial charge in [-0.2, -0.15) is 0 Å². The summed E-state index contributed by atoms with van der Waals surface area (Å²) < 4.78 is 19.2. The highest BCUT2D eigenvalue weighted by Gasteiger charge is 2.15. The van der Waals surface area contributed by atoms with Gasteiger partial charge in [-0.1, -0.05) is 11.2 Å². The maximum Gasteiger partial charge on any atom is 0.358 e. The molecule has 4 nitrogen and oxygen atoms in total. The highest BCUT2D eigenvalue weighted by Crippen LogP contribution is 2.34. The molecular formula is C12H6FNO3S. The van der Waals surface area contributed by atoms with Gasteiger partial charge in [0.1, 0.15) is 5.82 Å². The zero-order valence-electron chi connectivity index (χ0n) is 8.88. The number of benzene rings is 1. The molecule has 0 atom stereocenters. The van der Waals surface area contributed by atoms with E-state index in [9.17, 15) is 9.18 Å². The first-order chi connectivity index (χ1) is 8.65. The Morgan fingerprint density at radius 1 is 1.39 bits per heavy atom. The third kappa shape index (κ3) is 1.67. The van der Waals surface area contributed by atoms with Crippen LogP contribution in [0.5, 0.6) is 0 Å². The van der Waals surface area contributed by atoms with E-state index >= 15 is 0 Å². The van der Waals surface area contributed by atoms with E-state index in [-0.39, 0.29) is 11.5 Å². The van der Waals surface area contributed by atoms with Crippen molar-refractivity contribution in [2.24, 2.45) is 0 Å². The van der Waals surface area contributed by atoms with Gasteiger partial charge >= 0.3 is 5.97 Å². The molecule has 0 aliphatic heterocycles. The SMILES string of the molecule is O=C(O)c1cc(-c2cc3c(F)cccc3s2)on1. The van der Waals surface area contributed by atoms with E-state index in [4.69, 9.17) is 9.63 Å². The van der Waals surface area contributed by atoms with Crippen LogP contribution in [0, 0.1) is 5.82 Å². The zero-order chi connectivity index (χ0) is 12.7. The van der Waals surface area contributed by atoms with Crippen molar-refractivity contribution in [2.45, 2.75) is 0 Å². The van der Waals surface area contributed by atoms with Crippen LogP contribution in [0.25, 0.3) is 20.7 Å². The lowest BCUT2D eigenvalue weighted by Crippen LogP contribution is -1.94. The van der Waals surface area contributed by atoms with Crippen molar-refractivity contribution < 1.29 is 18.8 Å². The van der Waals surface area contributed by atoms with Crippen molar-refractivity contribution in [3.63, 3.8) is 0 Å². The summed E-state index contributed by atoms with van der Waals surface area (Å²) in [7, 11) is 0. The first kappa shape index (κ1) is 10.9. The van der Waals surface area contributed by atoms with Crippen molar-refractivity contribution in [3.8, 4) is 10.6 Å². The minimum absolute atomic E-state index is 0.164. The van der Waals surface area contributed by atoms with Gasteiger partial charge in [0.15, 0.2) is 11.5 Å². The van der Waals surface area contributed by atoms with E-state index in [0.717, 1.165) is 4.70 Å². The monoisotopic (exact) mass is 263 g/mol. The Morgan fingerprint density at radius 2 is 2.22 bits per heavy atom. The normalized spacial score (nSPS) is 10.9. The lowest BCUT2D eigenvalue weighted by molar-refractivity contribution is 0.0686. The predicted octanol–water partition coefficient (Wildman–Crippen LogP) is 3.39. The molecule has 18 heavy (non-hydrogen) atoms. The number of hydrogen-bond acceptors (Lipinski definition) is 4. The second kappa shape index (κ2) is 3.92. The molecule has 6 heteroatoms. The number of aromatic nitrogens is 1. The molecule has 2 heterocycles. The number of carboxylic acids is 1. The summed E-state index contributed by atoms with van der Waals surface area (Å²) in [5, 5.41) is 12.7. The Hall–Kier alpha value is -2.21. The number of nitrogens with zero attached hydrogens (tertiary/aromatic N) is 1. The van der Waals surface area contributed by atoms with Gasteiger partial charge in [0.05, 0.1) is 4.88 Å². The Morgan fingerprint density at radius 3 is 2.89 bits per heavy atom.